The van der Waals surface area contributed by atoms with Crippen LogP contribution in [0.4, 0.5) is 0 Å². The van der Waals surface area contributed by atoms with Gasteiger partial charge in [0.15, 0.2) is 0 Å². The molecule has 0 bridgehead atoms. The molecule has 0 saturated carbocycles. The lowest BCUT2D eigenvalue weighted by Gasteiger charge is -2.41. The number of ether oxygens (including phenoxy) is 1. The van der Waals surface area contributed by atoms with Crippen molar-refractivity contribution in [3.8, 4) is 5.75 Å². The molecule has 1 aromatic carbocycles. The van der Waals surface area contributed by atoms with Crippen LogP contribution >= 0.6 is 0 Å². The van der Waals surface area contributed by atoms with Crippen molar-refractivity contribution in [1.82, 2.24) is 10.2 Å². The van der Waals surface area contributed by atoms with Gasteiger partial charge in [0.2, 0.25) is 0 Å². The van der Waals surface area contributed by atoms with Crippen LogP contribution < -0.4 is 10.1 Å². The number of nitrogens with zero attached hydrogens (tertiary/aromatic N) is 1. The molecule has 1 spiro atoms. The molecule has 4 nitrogen and oxygen atoms in total. The maximum absolute atomic E-state index is 12.5. The van der Waals surface area contributed by atoms with Crippen LogP contribution in [-0.2, 0) is 0 Å². The molecular formula is C18H26N2O2. The van der Waals surface area contributed by atoms with Gasteiger partial charge in [0, 0.05) is 13.1 Å². The first-order valence-electron chi connectivity index (χ1n) is 8.35. The minimum atomic E-state index is -0.204. The Labute approximate surface area is 132 Å². The summed E-state index contributed by atoms with van der Waals surface area (Å²) in [6.07, 6.45) is 3.16. The maximum atomic E-state index is 12.5. The van der Waals surface area contributed by atoms with Gasteiger partial charge in [0.25, 0.3) is 5.91 Å². The lowest BCUT2D eigenvalue weighted by molar-refractivity contribution is 0.0715. The van der Waals surface area contributed by atoms with Gasteiger partial charge >= 0.3 is 0 Å². The van der Waals surface area contributed by atoms with Crippen molar-refractivity contribution in [1.29, 1.82) is 0 Å². The summed E-state index contributed by atoms with van der Waals surface area (Å²) >= 11 is 0. The van der Waals surface area contributed by atoms with Gasteiger partial charge in [0.1, 0.15) is 12.4 Å². The second kappa shape index (κ2) is 6.29. The number of likely N-dealkylation sites (tertiary alicyclic amines) is 1. The largest absolute Gasteiger partial charge is 0.490 e. The van der Waals surface area contributed by atoms with E-state index in [1.807, 2.05) is 24.3 Å². The molecule has 1 amide bonds. The van der Waals surface area contributed by atoms with Gasteiger partial charge in [-0.3, -0.25) is 4.79 Å². The molecule has 0 atom stereocenters. The second-order valence-electron chi connectivity index (χ2n) is 7.04. The highest BCUT2D eigenvalue weighted by atomic mass is 16.5. The van der Waals surface area contributed by atoms with Crippen molar-refractivity contribution >= 4 is 5.91 Å². The van der Waals surface area contributed by atoms with Gasteiger partial charge in [-0.15, -0.1) is 0 Å². The van der Waals surface area contributed by atoms with Crippen LogP contribution in [0, 0.1) is 5.92 Å². The van der Waals surface area contributed by atoms with Gasteiger partial charge in [-0.1, -0.05) is 26.0 Å². The lowest BCUT2D eigenvalue weighted by atomic mass is 9.88. The normalized spacial score (nSPS) is 21.1. The summed E-state index contributed by atoms with van der Waals surface area (Å²) in [6, 6.07) is 7.51. The monoisotopic (exact) mass is 302 g/mol. The van der Waals surface area contributed by atoms with Gasteiger partial charge in [-0.05, 0) is 43.9 Å². The molecule has 1 N–H and O–H groups in total. The van der Waals surface area contributed by atoms with E-state index in [1.165, 1.54) is 6.42 Å². The molecule has 4 heteroatoms. The predicted octanol–water partition coefficient (Wildman–Crippen LogP) is 2.69. The van der Waals surface area contributed by atoms with Crippen LogP contribution in [-0.4, -0.2) is 42.6 Å². The fraction of sp³-hybridized carbons (Fsp3) is 0.611. The Morgan fingerprint density at radius 2 is 2.00 bits per heavy atom. The fourth-order valence-electron chi connectivity index (χ4n) is 3.26. The van der Waals surface area contributed by atoms with E-state index >= 15 is 0 Å². The number of benzene rings is 1. The van der Waals surface area contributed by atoms with Crippen molar-refractivity contribution in [2.45, 2.75) is 38.6 Å². The van der Waals surface area contributed by atoms with Gasteiger partial charge in [-0.2, -0.15) is 0 Å². The van der Waals surface area contributed by atoms with Crippen LogP contribution in [0.25, 0.3) is 0 Å². The molecule has 3 rings (SSSR count). The van der Waals surface area contributed by atoms with Crippen LogP contribution in [0.2, 0.25) is 0 Å². The summed E-state index contributed by atoms with van der Waals surface area (Å²) in [5, 5.41) is 3.25. The first kappa shape index (κ1) is 15.3. The average molecular weight is 302 g/mol. The summed E-state index contributed by atoms with van der Waals surface area (Å²) in [6.45, 7) is 8.33. The van der Waals surface area contributed by atoms with Crippen molar-refractivity contribution in [3.63, 3.8) is 0 Å². The molecule has 2 aliphatic heterocycles. The molecule has 0 unspecified atom stereocenters. The molecule has 1 saturated heterocycles. The standard InChI is InChI=1S/C18H26N2O2/c1-14(2)7-10-20-11-8-18(9-12-20)13-22-16-6-4-3-5-15(16)17(21)19-18/h3-6,14H,7-13H2,1-2H3,(H,19,21). The average Bonchev–Trinajstić information content (AvgIpc) is 2.65. The minimum Gasteiger partial charge on any atom is -0.490 e. The number of para-hydroxylation sites is 1. The molecule has 1 fully saturated rings. The Hall–Kier alpha value is -1.55. The molecule has 1 aromatic rings. The zero-order chi connectivity index (χ0) is 15.6. The van der Waals surface area contributed by atoms with Crippen molar-refractivity contribution < 1.29 is 9.53 Å². The number of amides is 1. The third-order valence-corrected chi connectivity index (χ3v) is 4.85. The van der Waals surface area contributed by atoms with Crippen molar-refractivity contribution in [2.24, 2.45) is 5.92 Å². The number of hydrogen-bond donors (Lipinski definition) is 1. The second-order valence-corrected chi connectivity index (χ2v) is 7.04. The number of hydrogen-bond acceptors (Lipinski definition) is 3. The summed E-state index contributed by atoms with van der Waals surface area (Å²) < 4.78 is 5.94. The van der Waals surface area contributed by atoms with E-state index in [0.29, 0.717) is 17.9 Å². The maximum Gasteiger partial charge on any atom is 0.255 e. The number of carbonyl (C=O) groups is 1. The molecule has 0 aliphatic carbocycles. The Morgan fingerprint density at radius 1 is 1.27 bits per heavy atom. The van der Waals surface area contributed by atoms with E-state index in [0.717, 1.165) is 38.4 Å². The summed E-state index contributed by atoms with van der Waals surface area (Å²) in [4.78, 5) is 15.0. The lowest BCUT2D eigenvalue weighted by Crippen LogP contribution is -2.57. The molecule has 0 radical (unpaired) electrons. The van der Waals surface area contributed by atoms with Gasteiger partial charge in [-0.25, -0.2) is 0 Å². The van der Waals surface area contributed by atoms with E-state index in [2.05, 4.69) is 24.1 Å². The van der Waals surface area contributed by atoms with Gasteiger partial charge in [0.05, 0.1) is 11.1 Å². The molecule has 22 heavy (non-hydrogen) atoms. The van der Waals surface area contributed by atoms with Crippen LogP contribution in [0.1, 0.15) is 43.5 Å². The highest BCUT2D eigenvalue weighted by Crippen LogP contribution is 2.29. The molecule has 120 valence electrons. The van der Waals surface area contributed by atoms with E-state index in [-0.39, 0.29) is 11.4 Å². The van der Waals surface area contributed by atoms with Crippen LogP contribution in [0.5, 0.6) is 5.75 Å². The third kappa shape index (κ3) is 3.27. The van der Waals surface area contributed by atoms with Gasteiger partial charge < -0.3 is 15.0 Å². The molecule has 2 aliphatic rings. The smallest absolute Gasteiger partial charge is 0.255 e. The first-order valence-corrected chi connectivity index (χ1v) is 8.35. The Morgan fingerprint density at radius 3 is 2.73 bits per heavy atom. The predicted molar refractivity (Wildman–Crippen MR) is 87.3 cm³/mol. The minimum absolute atomic E-state index is 0.00345. The van der Waals surface area contributed by atoms with E-state index in [9.17, 15) is 4.79 Å². The number of nitrogens with one attached hydrogen (secondary N) is 1. The van der Waals surface area contributed by atoms with E-state index in [4.69, 9.17) is 4.74 Å². The zero-order valence-corrected chi connectivity index (χ0v) is 13.6. The number of piperidine rings is 1. The van der Waals surface area contributed by atoms with E-state index in [1.54, 1.807) is 0 Å². The van der Waals surface area contributed by atoms with E-state index < -0.39 is 0 Å². The number of carbonyl (C=O) groups excluding carboxylic acids is 1. The highest BCUT2D eigenvalue weighted by Gasteiger charge is 2.39. The third-order valence-electron chi connectivity index (χ3n) is 4.85. The van der Waals surface area contributed by atoms with Crippen molar-refractivity contribution in [2.75, 3.05) is 26.2 Å². The topological polar surface area (TPSA) is 41.6 Å². The van der Waals surface area contributed by atoms with Crippen LogP contribution in [0.3, 0.4) is 0 Å². The Balaban J connectivity index is 1.64. The quantitative estimate of drug-likeness (QED) is 0.933. The number of fused-ring (bicyclic) bond motifs is 1. The Bertz CT molecular complexity index is 534. The summed E-state index contributed by atoms with van der Waals surface area (Å²) in [5.41, 5.74) is 0.450. The molecular weight excluding hydrogens is 276 g/mol. The Kier molecular flexibility index (Phi) is 4.39. The number of rotatable bonds is 3. The highest BCUT2D eigenvalue weighted by molar-refractivity contribution is 5.97. The van der Waals surface area contributed by atoms with Crippen molar-refractivity contribution in [3.05, 3.63) is 29.8 Å². The fourth-order valence-corrected chi connectivity index (χ4v) is 3.26. The molecule has 2 heterocycles. The first-order chi connectivity index (χ1) is 10.6. The summed E-state index contributed by atoms with van der Waals surface area (Å²) in [5.74, 6) is 1.45. The molecule has 0 aromatic heterocycles. The SMILES string of the molecule is CC(C)CCN1CCC2(CC1)COc1ccccc1C(=O)N2. The summed E-state index contributed by atoms with van der Waals surface area (Å²) in [7, 11) is 0. The zero-order valence-electron chi connectivity index (χ0n) is 13.6. The van der Waals surface area contributed by atoms with Crippen LogP contribution in [0.15, 0.2) is 24.3 Å².